The van der Waals surface area contributed by atoms with Crippen molar-refractivity contribution in [2.75, 3.05) is 4.72 Å². The molecule has 3 nitrogen and oxygen atoms in total. The first-order valence-corrected chi connectivity index (χ1v) is 8.29. The number of nitrogens with one attached hydrogen (secondary N) is 1. The highest BCUT2D eigenvalue weighted by Gasteiger charge is 2.20. The maximum absolute atomic E-state index is 13.5. The molecule has 0 aromatic heterocycles. The van der Waals surface area contributed by atoms with Crippen molar-refractivity contribution in [3.63, 3.8) is 0 Å². The van der Waals surface area contributed by atoms with Crippen molar-refractivity contribution in [2.24, 2.45) is 0 Å². The van der Waals surface area contributed by atoms with Crippen molar-refractivity contribution >= 4 is 47.6 Å². The topological polar surface area (TPSA) is 46.2 Å². The molecule has 0 heterocycles. The fourth-order valence-corrected chi connectivity index (χ4v) is 3.88. The second-order valence-corrected chi connectivity index (χ2v) is 7.23. The van der Waals surface area contributed by atoms with E-state index in [4.69, 9.17) is 0 Å². The van der Waals surface area contributed by atoms with Crippen LogP contribution in [0.1, 0.15) is 0 Å². The Bertz CT molecular complexity index is 766. The Morgan fingerprint density at radius 2 is 1.70 bits per heavy atom. The molecule has 2 rings (SSSR count). The van der Waals surface area contributed by atoms with E-state index in [9.17, 15) is 17.2 Å². The van der Waals surface area contributed by atoms with Gasteiger partial charge < -0.3 is 0 Å². The van der Waals surface area contributed by atoms with Crippen LogP contribution in [0.2, 0.25) is 0 Å². The predicted octanol–water partition coefficient (Wildman–Crippen LogP) is 4.29. The van der Waals surface area contributed by atoms with Crippen LogP contribution in [0.5, 0.6) is 0 Å². The Hall–Kier alpha value is -0.990. The van der Waals surface area contributed by atoms with E-state index in [0.29, 0.717) is 10.5 Å². The zero-order valence-electron chi connectivity index (χ0n) is 9.70. The standard InChI is InChI=1S/C12H7Br2F2NO2S/c13-7-1-3-11(9(14)5-7)17-20(18,19)12-4-2-8(15)6-10(12)16/h1-6,17H. The molecule has 0 aliphatic carbocycles. The maximum atomic E-state index is 13.5. The smallest absolute Gasteiger partial charge is 0.264 e. The van der Waals surface area contributed by atoms with Crippen LogP contribution in [0.3, 0.4) is 0 Å². The molecule has 0 aliphatic rings. The van der Waals surface area contributed by atoms with Crippen LogP contribution in [0.15, 0.2) is 50.2 Å². The van der Waals surface area contributed by atoms with Gasteiger partial charge in [-0.1, -0.05) is 15.9 Å². The molecule has 0 atom stereocenters. The highest BCUT2D eigenvalue weighted by Crippen LogP contribution is 2.28. The van der Waals surface area contributed by atoms with Crippen molar-refractivity contribution in [2.45, 2.75) is 4.90 Å². The summed E-state index contributed by atoms with van der Waals surface area (Å²) in [7, 11) is -4.13. The first kappa shape index (κ1) is 15.4. The van der Waals surface area contributed by atoms with E-state index < -0.39 is 26.6 Å². The van der Waals surface area contributed by atoms with Gasteiger partial charge in [0.1, 0.15) is 16.5 Å². The van der Waals surface area contributed by atoms with Gasteiger partial charge >= 0.3 is 0 Å². The molecule has 0 fully saturated rings. The summed E-state index contributed by atoms with van der Waals surface area (Å²) in [5.74, 6) is -1.99. The first-order chi connectivity index (χ1) is 9.29. The van der Waals surface area contributed by atoms with Gasteiger partial charge in [0.2, 0.25) is 0 Å². The number of sulfonamides is 1. The Morgan fingerprint density at radius 3 is 2.30 bits per heavy atom. The van der Waals surface area contributed by atoms with Gasteiger partial charge in [-0.25, -0.2) is 17.2 Å². The molecule has 0 spiro atoms. The lowest BCUT2D eigenvalue weighted by Crippen LogP contribution is -2.15. The molecule has 106 valence electrons. The summed E-state index contributed by atoms with van der Waals surface area (Å²) in [4.78, 5) is -0.617. The Labute approximate surface area is 131 Å². The number of hydrogen-bond acceptors (Lipinski definition) is 2. The molecule has 0 radical (unpaired) electrons. The van der Waals surface area contributed by atoms with Crippen LogP contribution in [0.25, 0.3) is 0 Å². The minimum Gasteiger partial charge on any atom is -0.278 e. The third-order valence-corrected chi connectivity index (χ3v) is 4.91. The lowest BCUT2D eigenvalue weighted by molar-refractivity contribution is 0.551. The summed E-state index contributed by atoms with van der Waals surface area (Å²) < 4.78 is 53.9. The van der Waals surface area contributed by atoms with Crippen molar-refractivity contribution in [1.29, 1.82) is 0 Å². The van der Waals surface area contributed by atoms with Gasteiger partial charge in [0.05, 0.1) is 5.69 Å². The monoisotopic (exact) mass is 425 g/mol. The first-order valence-electron chi connectivity index (χ1n) is 5.22. The van der Waals surface area contributed by atoms with E-state index in [0.717, 1.165) is 16.6 Å². The van der Waals surface area contributed by atoms with Crippen molar-refractivity contribution in [1.82, 2.24) is 0 Å². The van der Waals surface area contributed by atoms with E-state index >= 15 is 0 Å². The van der Waals surface area contributed by atoms with Gasteiger partial charge in [-0.3, -0.25) is 4.72 Å². The molecule has 2 aromatic rings. The van der Waals surface area contributed by atoms with Gasteiger partial charge in [0.25, 0.3) is 10.0 Å². The summed E-state index contributed by atoms with van der Waals surface area (Å²) in [6, 6.07) is 7.05. The summed E-state index contributed by atoms with van der Waals surface area (Å²) in [5, 5.41) is 0. The lowest BCUT2D eigenvalue weighted by Gasteiger charge is -2.10. The molecule has 0 amide bonds. The SMILES string of the molecule is O=S(=O)(Nc1ccc(Br)cc1Br)c1ccc(F)cc1F. The summed E-state index contributed by atoms with van der Waals surface area (Å²) in [6.07, 6.45) is 0. The van der Waals surface area contributed by atoms with Gasteiger partial charge in [-0.2, -0.15) is 0 Å². The van der Waals surface area contributed by atoms with Crippen LogP contribution in [0, 0.1) is 11.6 Å². The number of anilines is 1. The van der Waals surface area contributed by atoms with Crippen molar-refractivity contribution < 1.29 is 17.2 Å². The normalized spacial score (nSPS) is 11.4. The molecule has 0 saturated carbocycles. The molecule has 0 aliphatic heterocycles. The molecule has 2 aromatic carbocycles. The van der Waals surface area contributed by atoms with Crippen LogP contribution in [-0.2, 0) is 10.0 Å². The van der Waals surface area contributed by atoms with Gasteiger partial charge in [-0.05, 0) is 46.3 Å². The molecule has 0 saturated heterocycles. The average Bonchev–Trinajstić information content (AvgIpc) is 2.32. The summed E-state index contributed by atoms with van der Waals surface area (Å²) in [6.45, 7) is 0. The molecule has 0 unspecified atom stereocenters. The second-order valence-electron chi connectivity index (χ2n) is 3.80. The number of halogens is 4. The molecular formula is C12H7Br2F2NO2S. The zero-order valence-corrected chi connectivity index (χ0v) is 13.7. The number of benzene rings is 2. The third-order valence-electron chi connectivity index (χ3n) is 2.36. The molecule has 8 heteroatoms. The summed E-state index contributed by atoms with van der Waals surface area (Å²) in [5.41, 5.74) is 0.247. The van der Waals surface area contributed by atoms with E-state index in [1.165, 1.54) is 6.07 Å². The van der Waals surface area contributed by atoms with Crippen molar-refractivity contribution in [3.8, 4) is 0 Å². The average molecular weight is 427 g/mol. The summed E-state index contributed by atoms with van der Waals surface area (Å²) >= 11 is 6.42. The second kappa shape index (κ2) is 5.79. The quantitative estimate of drug-likeness (QED) is 0.795. The van der Waals surface area contributed by atoms with Gasteiger partial charge in [-0.15, -0.1) is 0 Å². The zero-order chi connectivity index (χ0) is 14.9. The molecular weight excluding hydrogens is 420 g/mol. The van der Waals surface area contributed by atoms with Gasteiger partial charge in [0, 0.05) is 15.0 Å². The predicted molar refractivity (Wildman–Crippen MR) is 79.0 cm³/mol. The maximum Gasteiger partial charge on any atom is 0.264 e. The van der Waals surface area contributed by atoms with Gasteiger partial charge in [0.15, 0.2) is 0 Å². The Morgan fingerprint density at radius 1 is 1.00 bits per heavy atom. The largest absolute Gasteiger partial charge is 0.278 e. The van der Waals surface area contributed by atoms with Crippen LogP contribution < -0.4 is 4.72 Å². The third kappa shape index (κ3) is 3.36. The molecule has 1 N–H and O–H groups in total. The molecule has 20 heavy (non-hydrogen) atoms. The van der Waals surface area contributed by atoms with E-state index in [2.05, 4.69) is 36.6 Å². The van der Waals surface area contributed by atoms with Crippen LogP contribution in [-0.4, -0.2) is 8.42 Å². The minimum absolute atomic E-state index is 0.247. The van der Waals surface area contributed by atoms with Crippen LogP contribution in [0.4, 0.5) is 14.5 Å². The highest BCUT2D eigenvalue weighted by atomic mass is 79.9. The lowest BCUT2D eigenvalue weighted by atomic mass is 10.3. The number of rotatable bonds is 3. The minimum atomic E-state index is -4.13. The van der Waals surface area contributed by atoms with Crippen molar-refractivity contribution in [3.05, 3.63) is 57.0 Å². The Balaban J connectivity index is 2.41. The fraction of sp³-hybridized carbons (Fsp3) is 0. The van der Waals surface area contributed by atoms with E-state index in [1.807, 2.05) is 0 Å². The fourth-order valence-electron chi connectivity index (χ4n) is 1.47. The molecule has 0 bridgehead atoms. The Kier molecular flexibility index (Phi) is 4.46. The number of hydrogen-bond donors (Lipinski definition) is 1. The van der Waals surface area contributed by atoms with E-state index in [1.54, 1.807) is 12.1 Å². The van der Waals surface area contributed by atoms with E-state index in [-0.39, 0.29) is 5.69 Å². The highest BCUT2D eigenvalue weighted by molar-refractivity contribution is 9.11. The van der Waals surface area contributed by atoms with Crippen LogP contribution >= 0.6 is 31.9 Å².